The number of pyridine rings is 1. The Kier molecular flexibility index (Phi) is 5.43. The van der Waals surface area contributed by atoms with Crippen LogP contribution in [0.4, 0.5) is 0 Å². The first-order valence-electron chi connectivity index (χ1n) is 9.39. The molecular weight excluding hydrogens is 350 g/mol. The van der Waals surface area contributed by atoms with E-state index in [1.165, 1.54) is 0 Å². The van der Waals surface area contributed by atoms with Gasteiger partial charge in [0.2, 0.25) is 5.91 Å². The zero-order chi connectivity index (χ0) is 19.2. The van der Waals surface area contributed by atoms with Gasteiger partial charge in [0.1, 0.15) is 0 Å². The van der Waals surface area contributed by atoms with Gasteiger partial charge in [-0.05, 0) is 18.1 Å². The molecule has 0 radical (unpaired) electrons. The van der Waals surface area contributed by atoms with E-state index in [4.69, 9.17) is 4.42 Å². The molecule has 140 valence electrons. The highest BCUT2D eigenvalue weighted by Crippen LogP contribution is 2.20. The Morgan fingerprint density at radius 2 is 1.79 bits per heavy atom. The summed E-state index contributed by atoms with van der Waals surface area (Å²) in [6.45, 7) is 0.579. The number of aromatic nitrogens is 2. The number of aryl methyl sites for hydroxylation is 1. The number of carbonyl (C=O) groups is 1. The van der Waals surface area contributed by atoms with Gasteiger partial charge in [0.25, 0.3) is 0 Å². The fourth-order valence-electron chi connectivity index (χ4n) is 3.18. The maximum Gasteiger partial charge on any atom is 0.220 e. The molecule has 0 atom stereocenters. The summed E-state index contributed by atoms with van der Waals surface area (Å²) in [6, 6.07) is 19.9. The second-order valence-electron chi connectivity index (χ2n) is 6.58. The van der Waals surface area contributed by atoms with Crippen LogP contribution in [0.3, 0.4) is 0 Å². The van der Waals surface area contributed by atoms with Gasteiger partial charge in [0, 0.05) is 36.5 Å². The SMILES string of the molecule is O=C(CCc1ncc(-c2ccccc2)o1)NCCc1cccc2cccnc12. The Bertz CT molecular complexity index is 1070. The number of fused-ring (bicyclic) bond motifs is 1. The van der Waals surface area contributed by atoms with Crippen molar-refractivity contribution in [3.05, 3.63) is 84.5 Å². The van der Waals surface area contributed by atoms with Gasteiger partial charge >= 0.3 is 0 Å². The van der Waals surface area contributed by atoms with Crippen LogP contribution in [-0.2, 0) is 17.6 Å². The van der Waals surface area contributed by atoms with E-state index in [2.05, 4.69) is 21.4 Å². The van der Waals surface area contributed by atoms with E-state index < -0.39 is 0 Å². The van der Waals surface area contributed by atoms with E-state index >= 15 is 0 Å². The predicted octanol–water partition coefficient (Wildman–Crippen LogP) is 4.18. The van der Waals surface area contributed by atoms with Gasteiger partial charge in [0.15, 0.2) is 11.7 Å². The highest BCUT2D eigenvalue weighted by molar-refractivity contribution is 5.81. The lowest BCUT2D eigenvalue weighted by atomic mass is 10.1. The molecule has 2 aromatic carbocycles. The Morgan fingerprint density at radius 3 is 2.68 bits per heavy atom. The van der Waals surface area contributed by atoms with Crippen molar-refractivity contribution in [2.45, 2.75) is 19.3 Å². The second kappa shape index (κ2) is 8.48. The van der Waals surface area contributed by atoms with Crippen molar-refractivity contribution in [1.82, 2.24) is 15.3 Å². The topological polar surface area (TPSA) is 68.0 Å². The van der Waals surface area contributed by atoms with E-state index in [9.17, 15) is 4.79 Å². The minimum absolute atomic E-state index is 0.00680. The van der Waals surface area contributed by atoms with Crippen molar-refractivity contribution >= 4 is 16.8 Å². The highest BCUT2D eigenvalue weighted by atomic mass is 16.4. The molecule has 0 aliphatic rings. The maximum absolute atomic E-state index is 12.2. The van der Waals surface area contributed by atoms with Crippen molar-refractivity contribution in [3.63, 3.8) is 0 Å². The van der Waals surface area contributed by atoms with Crippen molar-refractivity contribution in [2.75, 3.05) is 6.54 Å². The molecule has 0 spiro atoms. The number of oxazole rings is 1. The number of benzene rings is 2. The smallest absolute Gasteiger partial charge is 0.220 e. The third-order valence-corrected chi connectivity index (χ3v) is 4.61. The average molecular weight is 371 g/mol. The normalized spacial score (nSPS) is 10.9. The lowest BCUT2D eigenvalue weighted by Crippen LogP contribution is -2.26. The van der Waals surface area contributed by atoms with Gasteiger partial charge in [-0.15, -0.1) is 0 Å². The van der Waals surface area contributed by atoms with Crippen molar-refractivity contribution in [1.29, 1.82) is 0 Å². The van der Waals surface area contributed by atoms with Crippen LogP contribution >= 0.6 is 0 Å². The number of hydrogen-bond acceptors (Lipinski definition) is 4. The minimum Gasteiger partial charge on any atom is -0.441 e. The van der Waals surface area contributed by atoms with Crippen LogP contribution < -0.4 is 5.32 Å². The third-order valence-electron chi connectivity index (χ3n) is 4.61. The Balaban J connectivity index is 1.27. The quantitative estimate of drug-likeness (QED) is 0.529. The molecule has 2 heterocycles. The molecule has 0 aliphatic heterocycles. The molecule has 0 saturated carbocycles. The number of hydrogen-bond donors (Lipinski definition) is 1. The number of nitrogens with one attached hydrogen (secondary N) is 1. The minimum atomic E-state index is -0.00680. The van der Waals surface area contributed by atoms with Gasteiger partial charge in [-0.2, -0.15) is 0 Å². The van der Waals surface area contributed by atoms with E-state index in [1.54, 1.807) is 12.4 Å². The number of rotatable bonds is 7. The van der Waals surface area contributed by atoms with E-state index in [0.29, 0.717) is 25.3 Å². The zero-order valence-corrected chi connectivity index (χ0v) is 15.5. The van der Waals surface area contributed by atoms with Crippen LogP contribution in [0, 0.1) is 0 Å². The first kappa shape index (κ1) is 17.9. The number of para-hydroxylation sites is 1. The standard InChI is InChI=1S/C23H21N3O2/c27-21(11-12-22-26-16-20(28-22)17-6-2-1-3-7-17)24-15-13-19-9-4-8-18-10-5-14-25-23(18)19/h1-10,14,16H,11-13,15H2,(H,24,27). The molecule has 1 amide bonds. The van der Waals surface area contributed by atoms with Crippen LogP contribution in [0.15, 0.2) is 77.5 Å². The molecule has 0 fully saturated rings. The molecule has 4 rings (SSSR count). The van der Waals surface area contributed by atoms with Gasteiger partial charge in [-0.3, -0.25) is 9.78 Å². The van der Waals surface area contributed by atoms with Crippen LogP contribution in [0.25, 0.3) is 22.2 Å². The first-order valence-corrected chi connectivity index (χ1v) is 9.39. The second-order valence-corrected chi connectivity index (χ2v) is 6.58. The van der Waals surface area contributed by atoms with E-state index in [1.807, 2.05) is 54.6 Å². The summed E-state index contributed by atoms with van der Waals surface area (Å²) in [6.07, 6.45) is 5.08. The molecule has 0 saturated heterocycles. The molecular formula is C23H21N3O2. The van der Waals surface area contributed by atoms with Crippen LogP contribution in [0.2, 0.25) is 0 Å². The summed E-state index contributed by atoms with van der Waals surface area (Å²) in [7, 11) is 0. The fraction of sp³-hybridized carbons (Fsp3) is 0.174. The molecule has 0 aliphatic carbocycles. The summed E-state index contributed by atoms with van der Waals surface area (Å²) in [5.41, 5.74) is 3.11. The van der Waals surface area contributed by atoms with Crippen molar-refractivity contribution < 1.29 is 9.21 Å². The van der Waals surface area contributed by atoms with Gasteiger partial charge in [-0.1, -0.05) is 54.6 Å². The summed E-state index contributed by atoms with van der Waals surface area (Å²) >= 11 is 0. The molecule has 5 nitrogen and oxygen atoms in total. The van der Waals surface area contributed by atoms with Crippen LogP contribution in [0.5, 0.6) is 0 Å². The number of amides is 1. The lowest BCUT2D eigenvalue weighted by molar-refractivity contribution is -0.121. The van der Waals surface area contributed by atoms with Crippen molar-refractivity contribution in [2.24, 2.45) is 0 Å². The fourth-order valence-corrected chi connectivity index (χ4v) is 3.18. The molecule has 2 aromatic heterocycles. The largest absolute Gasteiger partial charge is 0.441 e. The lowest BCUT2D eigenvalue weighted by Gasteiger charge is -2.07. The number of carbonyl (C=O) groups excluding carboxylic acids is 1. The average Bonchev–Trinajstić information content (AvgIpc) is 3.22. The molecule has 1 N–H and O–H groups in total. The van der Waals surface area contributed by atoms with Gasteiger partial charge in [-0.25, -0.2) is 4.98 Å². The number of nitrogens with zero attached hydrogens (tertiary/aromatic N) is 2. The Hall–Kier alpha value is -3.47. The molecule has 0 bridgehead atoms. The van der Waals surface area contributed by atoms with Gasteiger partial charge < -0.3 is 9.73 Å². The Morgan fingerprint density at radius 1 is 0.929 bits per heavy atom. The third kappa shape index (κ3) is 4.26. The predicted molar refractivity (Wildman–Crippen MR) is 109 cm³/mol. The summed E-state index contributed by atoms with van der Waals surface area (Å²) in [5, 5.41) is 4.08. The van der Waals surface area contributed by atoms with E-state index in [-0.39, 0.29) is 5.91 Å². The molecule has 0 unspecified atom stereocenters. The first-order chi connectivity index (χ1) is 13.8. The van der Waals surface area contributed by atoms with E-state index in [0.717, 1.165) is 34.2 Å². The van der Waals surface area contributed by atoms with Gasteiger partial charge in [0.05, 0.1) is 11.7 Å². The van der Waals surface area contributed by atoms with Crippen LogP contribution in [0.1, 0.15) is 17.9 Å². The monoisotopic (exact) mass is 371 g/mol. The summed E-state index contributed by atoms with van der Waals surface area (Å²) in [5.74, 6) is 1.29. The van der Waals surface area contributed by atoms with Crippen molar-refractivity contribution in [3.8, 4) is 11.3 Å². The maximum atomic E-state index is 12.2. The van der Waals surface area contributed by atoms with Crippen LogP contribution in [-0.4, -0.2) is 22.4 Å². The summed E-state index contributed by atoms with van der Waals surface area (Å²) in [4.78, 5) is 20.9. The zero-order valence-electron chi connectivity index (χ0n) is 15.5. The molecule has 28 heavy (non-hydrogen) atoms. The molecule has 4 aromatic rings. The highest BCUT2D eigenvalue weighted by Gasteiger charge is 2.09. The molecule has 5 heteroatoms. The Labute approximate surface area is 163 Å². The summed E-state index contributed by atoms with van der Waals surface area (Å²) < 4.78 is 5.74.